The van der Waals surface area contributed by atoms with E-state index in [1.807, 2.05) is 38.1 Å². The van der Waals surface area contributed by atoms with Crippen molar-refractivity contribution < 1.29 is 13.6 Å². The molecule has 0 bridgehead atoms. The highest BCUT2D eigenvalue weighted by Crippen LogP contribution is 2.26. The van der Waals surface area contributed by atoms with E-state index in [4.69, 9.17) is 0 Å². The van der Waals surface area contributed by atoms with Crippen molar-refractivity contribution in [2.24, 2.45) is 0 Å². The van der Waals surface area contributed by atoms with Crippen molar-refractivity contribution in [1.82, 2.24) is 9.55 Å². The van der Waals surface area contributed by atoms with Crippen molar-refractivity contribution in [1.29, 1.82) is 0 Å². The molecule has 164 valence electrons. The molecule has 2 aromatic heterocycles. The lowest BCUT2D eigenvalue weighted by Gasteiger charge is -2.14. The zero-order valence-corrected chi connectivity index (χ0v) is 18.9. The van der Waals surface area contributed by atoms with Crippen LogP contribution in [0.15, 0.2) is 63.9 Å². The number of thioether (sulfide) groups is 1. The largest absolute Gasteiger partial charge is 0.325 e. The second-order valence-electron chi connectivity index (χ2n) is 7.38. The summed E-state index contributed by atoms with van der Waals surface area (Å²) in [7, 11) is 0. The topological polar surface area (TPSA) is 64.0 Å². The zero-order valence-electron chi connectivity index (χ0n) is 17.3. The first-order valence-corrected chi connectivity index (χ1v) is 11.7. The van der Waals surface area contributed by atoms with Gasteiger partial charge < -0.3 is 5.32 Å². The van der Waals surface area contributed by atoms with E-state index in [0.29, 0.717) is 10.2 Å². The molecule has 0 spiro atoms. The number of halogens is 2. The van der Waals surface area contributed by atoms with Crippen molar-refractivity contribution >= 4 is 44.9 Å². The quantitative estimate of drug-likeness (QED) is 0.295. The van der Waals surface area contributed by atoms with Crippen LogP contribution in [-0.2, 0) is 4.79 Å². The number of benzene rings is 2. The summed E-state index contributed by atoms with van der Waals surface area (Å²) < 4.78 is 29.2. The number of fused-ring (bicyclic) bond motifs is 1. The van der Waals surface area contributed by atoms with Gasteiger partial charge in [-0.05, 0) is 41.1 Å². The number of aromatic nitrogens is 2. The van der Waals surface area contributed by atoms with E-state index < -0.39 is 17.2 Å². The Kier molecular flexibility index (Phi) is 6.38. The number of para-hydroxylation sites is 1. The number of hydrogen-bond donors (Lipinski definition) is 1. The third-order valence-electron chi connectivity index (χ3n) is 4.74. The lowest BCUT2D eigenvalue weighted by Crippen LogP contribution is -2.22. The molecule has 0 atom stereocenters. The fourth-order valence-corrected chi connectivity index (χ4v) is 4.89. The highest BCUT2D eigenvalue weighted by atomic mass is 32.2. The van der Waals surface area contributed by atoms with Gasteiger partial charge in [-0.15, -0.1) is 11.3 Å². The van der Waals surface area contributed by atoms with Gasteiger partial charge in [-0.1, -0.05) is 43.8 Å². The Morgan fingerprint density at radius 3 is 2.59 bits per heavy atom. The Bertz CT molecular complexity index is 1340. The number of carbonyl (C=O) groups is 1. The van der Waals surface area contributed by atoms with Gasteiger partial charge in [0.05, 0.1) is 17.0 Å². The van der Waals surface area contributed by atoms with Gasteiger partial charge in [0.15, 0.2) is 5.16 Å². The van der Waals surface area contributed by atoms with E-state index in [1.165, 1.54) is 11.3 Å². The number of carbonyl (C=O) groups excluding carboxylic acids is 1. The summed E-state index contributed by atoms with van der Waals surface area (Å²) >= 11 is 2.23. The standard InChI is InChI=1S/C23H19F2N3O2S2/c1-13(2)17-5-3-4-6-18(17)26-20(29)12-32-23-27-19-7-8-31-21(19)22(30)28(23)16-10-14(24)9-15(25)11-16/h3-11,13H,12H2,1-2H3,(H,26,29). The minimum Gasteiger partial charge on any atom is -0.325 e. The normalized spacial score (nSPS) is 11.3. The predicted molar refractivity (Wildman–Crippen MR) is 125 cm³/mol. The molecule has 4 rings (SSSR count). The van der Waals surface area contributed by atoms with Crippen LogP contribution in [0.3, 0.4) is 0 Å². The van der Waals surface area contributed by atoms with Crippen LogP contribution in [0.25, 0.3) is 15.9 Å². The van der Waals surface area contributed by atoms with E-state index in [9.17, 15) is 18.4 Å². The van der Waals surface area contributed by atoms with Crippen molar-refractivity contribution in [2.75, 3.05) is 11.1 Å². The van der Waals surface area contributed by atoms with Gasteiger partial charge in [-0.2, -0.15) is 0 Å². The number of nitrogens with one attached hydrogen (secondary N) is 1. The van der Waals surface area contributed by atoms with Crippen molar-refractivity contribution in [3.63, 3.8) is 0 Å². The lowest BCUT2D eigenvalue weighted by atomic mass is 10.0. The molecule has 1 N–H and O–H groups in total. The highest BCUT2D eigenvalue weighted by Gasteiger charge is 2.17. The van der Waals surface area contributed by atoms with E-state index in [0.717, 1.165) is 45.8 Å². The predicted octanol–water partition coefficient (Wildman–Crippen LogP) is 5.58. The molecule has 0 unspecified atom stereocenters. The van der Waals surface area contributed by atoms with Crippen molar-refractivity contribution in [3.05, 3.63) is 81.5 Å². The van der Waals surface area contributed by atoms with Gasteiger partial charge in [0.25, 0.3) is 5.56 Å². The minimum absolute atomic E-state index is 0.0170. The first-order valence-electron chi connectivity index (χ1n) is 9.82. The molecule has 32 heavy (non-hydrogen) atoms. The molecule has 0 aliphatic rings. The first kappa shape index (κ1) is 22.2. The molecule has 0 saturated carbocycles. The maximum Gasteiger partial charge on any atom is 0.276 e. The zero-order chi connectivity index (χ0) is 22.8. The second kappa shape index (κ2) is 9.22. The third kappa shape index (κ3) is 4.58. The van der Waals surface area contributed by atoms with E-state index >= 15 is 0 Å². The fourth-order valence-electron chi connectivity index (χ4n) is 3.32. The maximum absolute atomic E-state index is 13.8. The molecule has 0 aliphatic carbocycles. The Morgan fingerprint density at radius 2 is 1.88 bits per heavy atom. The second-order valence-corrected chi connectivity index (χ2v) is 9.23. The monoisotopic (exact) mass is 471 g/mol. The molecule has 2 heterocycles. The Balaban J connectivity index is 1.66. The van der Waals surface area contributed by atoms with Crippen molar-refractivity contribution in [2.45, 2.75) is 24.9 Å². The molecule has 0 fully saturated rings. The van der Waals surface area contributed by atoms with Gasteiger partial charge in [-0.3, -0.25) is 14.2 Å². The van der Waals surface area contributed by atoms with Gasteiger partial charge in [0.1, 0.15) is 16.3 Å². The molecule has 4 aromatic rings. The summed E-state index contributed by atoms with van der Waals surface area (Å²) in [6.07, 6.45) is 0. The first-order chi connectivity index (χ1) is 15.3. The summed E-state index contributed by atoms with van der Waals surface area (Å²) in [5.41, 5.74) is 1.78. The third-order valence-corrected chi connectivity index (χ3v) is 6.57. The van der Waals surface area contributed by atoms with Crippen LogP contribution in [0.5, 0.6) is 0 Å². The van der Waals surface area contributed by atoms with Crippen LogP contribution >= 0.6 is 23.1 Å². The molecule has 0 aliphatic heterocycles. The average Bonchev–Trinajstić information content (AvgIpc) is 3.21. The summed E-state index contributed by atoms with van der Waals surface area (Å²) in [5.74, 6) is -1.70. The summed E-state index contributed by atoms with van der Waals surface area (Å²) in [6.45, 7) is 4.08. The summed E-state index contributed by atoms with van der Waals surface area (Å²) in [5, 5.41) is 4.79. The minimum atomic E-state index is -0.808. The number of nitrogens with zero attached hydrogens (tertiary/aromatic N) is 2. The van der Waals surface area contributed by atoms with E-state index in [1.54, 1.807) is 11.4 Å². The summed E-state index contributed by atoms with van der Waals surface area (Å²) in [6, 6.07) is 12.1. The van der Waals surface area contributed by atoms with Crippen LogP contribution in [0, 0.1) is 11.6 Å². The molecule has 2 aromatic carbocycles. The van der Waals surface area contributed by atoms with Crippen LogP contribution in [-0.4, -0.2) is 21.2 Å². The smallest absolute Gasteiger partial charge is 0.276 e. The van der Waals surface area contributed by atoms with Crippen molar-refractivity contribution in [3.8, 4) is 5.69 Å². The highest BCUT2D eigenvalue weighted by molar-refractivity contribution is 7.99. The summed E-state index contributed by atoms with van der Waals surface area (Å²) in [4.78, 5) is 30.2. The molecular weight excluding hydrogens is 452 g/mol. The number of rotatable bonds is 6. The van der Waals surface area contributed by atoms with Crippen LogP contribution in [0.4, 0.5) is 14.5 Å². The van der Waals surface area contributed by atoms with Crippen LogP contribution in [0.2, 0.25) is 0 Å². The molecule has 5 nitrogen and oxygen atoms in total. The molecule has 0 saturated heterocycles. The molecule has 1 amide bonds. The number of amides is 1. The Labute approximate surface area is 191 Å². The fraction of sp³-hybridized carbons (Fsp3) is 0.174. The number of thiophene rings is 1. The number of anilines is 1. The SMILES string of the molecule is CC(C)c1ccccc1NC(=O)CSc1nc2ccsc2c(=O)n1-c1cc(F)cc(F)c1. The molecule has 0 radical (unpaired) electrons. The van der Waals surface area contributed by atoms with Crippen LogP contribution in [0.1, 0.15) is 25.3 Å². The van der Waals surface area contributed by atoms with E-state index in [-0.39, 0.29) is 28.4 Å². The average molecular weight is 472 g/mol. The van der Waals surface area contributed by atoms with Gasteiger partial charge >= 0.3 is 0 Å². The Morgan fingerprint density at radius 1 is 1.16 bits per heavy atom. The van der Waals surface area contributed by atoms with E-state index in [2.05, 4.69) is 10.3 Å². The maximum atomic E-state index is 13.8. The van der Waals surface area contributed by atoms with Crippen LogP contribution < -0.4 is 10.9 Å². The van der Waals surface area contributed by atoms with Gasteiger partial charge in [-0.25, -0.2) is 13.8 Å². The van der Waals surface area contributed by atoms with Gasteiger partial charge in [0, 0.05) is 11.8 Å². The van der Waals surface area contributed by atoms with Gasteiger partial charge in [0.2, 0.25) is 5.91 Å². The molecule has 9 heteroatoms. The molecular formula is C23H19F2N3O2S2. The number of hydrogen-bond acceptors (Lipinski definition) is 5. The lowest BCUT2D eigenvalue weighted by molar-refractivity contribution is -0.113. The Hall–Kier alpha value is -3.04.